The molecule has 26 heavy (non-hydrogen) atoms. The third-order valence-electron chi connectivity index (χ3n) is 3.95. The summed E-state index contributed by atoms with van der Waals surface area (Å²) in [6, 6.07) is 18.0. The first-order valence-electron chi connectivity index (χ1n) is 8.89. The van der Waals surface area contributed by atoms with Gasteiger partial charge in [-0.05, 0) is 44.0 Å². The number of aromatic nitrogens is 2. The molecular formula is C21H24N4O. The summed E-state index contributed by atoms with van der Waals surface area (Å²) < 4.78 is 5.66. The number of hydrogen-bond donors (Lipinski definition) is 2. The van der Waals surface area contributed by atoms with Crippen LogP contribution >= 0.6 is 0 Å². The lowest BCUT2D eigenvalue weighted by Crippen LogP contribution is -2.04. The van der Waals surface area contributed by atoms with Crippen LogP contribution in [-0.4, -0.2) is 16.6 Å². The number of anilines is 4. The summed E-state index contributed by atoms with van der Waals surface area (Å²) in [4.78, 5) is 9.11. The molecule has 2 aromatic carbocycles. The number of aryl methyl sites for hydroxylation is 2. The molecule has 0 spiro atoms. The zero-order valence-corrected chi connectivity index (χ0v) is 15.4. The van der Waals surface area contributed by atoms with Gasteiger partial charge in [0.1, 0.15) is 11.6 Å². The Kier molecular flexibility index (Phi) is 5.69. The van der Waals surface area contributed by atoms with Crippen LogP contribution in [0.15, 0.2) is 54.6 Å². The molecule has 1 heterocycles. The molecule has 134 valence electrons. The van der Waals surface area contributed by atoms with E-state index >= 15 is 0 Å². The van der Waals surface area contributed by atoms with E-state index in [-0.39, 0.29) is 0 Å². The lowest BCUT2D eigenvalue weighted by molar-refractivity contribution is 0.342. The van der Waals surface area contributed by atoms with Gasteiger partial charge in [-0.2, -0.15) is 4.98 Å². The zero-order valence-electron chi connectivity index (χ0n) is 15.4. The fourth-order valence-electron chi connectivity index (χ4n) is 2.75. The molecule has 1 aromatic heterocycles. The predicted octanol–water partition coefficient (Wildman–Crippen LogP) is 5.23. The SMILES string of the molecule is CCOc1ccccc1Nc1nc(C)cc(Nc2ccccc2CC)n1. The summed E-state index contributed by atoms with van der Waals surface area (Å²) in [7, 11) is 0. The molecule has 0 atom stereocenters. The van der Waals surface area contributed by atoms with Crippen molar-refractivity contribution in [3.8, 4) is 5.75 Å². The van der Waals surface area contributed by atoms with Gasteiger partial charge in [0.2, 0.25) is 5.95 Å². The number of rotatable bonds is 7. The highest BCUT2D eigenvalue weighted by Gasteiger charge is 2.08. The summed E-state index contributed by atoms with van der Waals surface area (Å²) in [6.07, 6.45) is 0.958. The second-order valence-electron chi connectivity index (χ2n) is 5.91. The largest absolute Gasteiger partial charge is 0.492 e. The lowest BCUT2D eigenvalue weighted by atomic mass is 10.1. The minimum Gasteiger partial charge on any atom is -0.492 e. The summed E-state index contributed by atoms with van der Waals surface area (Å²) in [5.74, 6) is 2.08. The van der Waals surface area contributed by atoms with Gasteiger partial charge in [0, 0.05) is 17.4 Å². The van der Waals surface area contributed by atoms with E-state index in [1.54, 1.807) is 0 Å². The maximum atomic E-state index is 5.66. The minimum atomic E-state index is 0.536. The van der Waals surface area contributed by atoms with Gasteiger partial charge in [0.25, 0.3) is 0 Å². The normalized spacial score (nSPS) is 10.4. The van der Waals surface area contributed by atoms with Gasteiger partial charge in [-0.1, -0.05) is 37.3 Å². The Morgan fingerprint density at radius 3 is 2.38 bits per heavy atom. The van der Waals surface area contributed by atoms with E-state index in [9.17, 15) is 0 Å². The molecule has 3 rings (SSSR count). The predicted molar refractivity (Wildman–Crippen MR) is 107 cm³/mol. The second kappa shape index (κ2) is 8.34. The van der Waals surface area contributed by atoms with Gasteiger partial charge in [0.15, 0.2) is 0 Å². The van der Waals surface area contributed by atoms with Crippen LogP contribution in [0.4, 0.5) is 23.1 Å². The maximum Gasteiger partial charge on any atom is 0.229 e. The molecule has 0 aliphatic heterocycles. The number of ether oxygens (including phenoxy) is 1. The highest BCUT2D eigenvalue weighted by Crippen LogP contribution is 2.27. The molecule has 0 aliphatic carbocycles. The number of benzene rings is 2. The van der Waals surface area contributed by atoms with Crippen molar-refractivity contribution >= 4 is 23.1 Å². The molecule has 0 saturated carbocycles. The Hall–Kier alpha value is -3.08. The molecule has 5 nitrogen and oxygen atoms in total. The first kappa shape index (κ1) is 17.7. The molecular weight excluding hydrogens is 324 g/mol. The average Bonchev–Trinajstić information content (AvgIpc) is 2.63. The van der Waals surface area contributed by atoms with Gasteiger partial charge < -0.3 is 15.4 Å². The summed E-state index contributed by atoms with van der Waals surface area (Å²) in [5.41, 5.74) is 4.04. The molecule has 5 heteroatoms. The molecule has 0 saturated heterocycles. The monoisotopic (exact) mass is 348 g/mol. The molecule has 0 fully saturated rings. The van der Waals surface area contributed by atoms with Crippen LogP contribution in [0.3, 0.4) is 0 Å². The van der Waals surface area contributed by atoms with Crippen LogP contribution < -0.4 is 15.4 Å². The van der Waals surface area contributed by atoms with Crippen LogP contribution in [0.5, 0.6) is 5.75 Å². The Morgan fingerprint density at radius 1 is 0.885 bits per heavy atom. The molecule has 0 radical (unpaired) electrons. The quantitative estimate of drug-likeness (QED) is 0.612. The van der Waals surface area contributed by atoms with Gasteiger partial charge in [-0.3, -0.25) is 0 Å². The molecule has 2 N–H and O–H groups in total. The third kappa shape index (κ3) is 4.30. The van der Waals surface area contributed by atoms with E-state index < -0.39 is 0 Å². The van der Waals surface area contributed by atoms with E-state index in [2.05, 4.69) is 39.7 Å². The molecule has 0 aliphatic rings. The average molecular weight is 348 g/mol. The minimum absolute atomic E-state index is 0.536. The molecule has 3 aromatic rings. The smallest absolute Gasteiger partial charge is 0.229 e. The zero-order chi connectivity index (χ0) is 18.4. The Balaban J connectivity index is 1.86. The van der Waals surface area contributed by atoms with E-state index in [4.69, 9.17) is 4.74 Å². The first-order chi connectivity index (χ1) is 12.7. The van der Waals surface area contributed by atoms with Crippen LogP contribution in [0.1, 0.15) is 25.1 Å². The fraction of sp³-hybridized carbons (Fsp3) is 0.238. The van der Waals surface area contributed by atoms with Crippen molar-refractivity contribution in [2.45, 2.75) is 27.2 Å². The summed E-state index contributed by atoms with van der Waals surface area (Å²) in [6.45, 7) is 6.67. The molecule has 0 bridgehead atoms. The van der Waals surface area contributed by atoms with Crippen molar-refractivity contribution in [2.24, 2.45) is 0 Å². The summed E-state index contributed by atoms with van der Waals surface area (Å²) >= 11 is 0. The van der Waals surface area contributed by atoms with E-state index in [0.29, 0.717) is 12.6 Å². The Morgan fingerprint density at radius 2 is 1.62 bits per heavy atom. The van der Waals surface area contributed by atoms with Crippen LogP contribution in [0, 0.1) is 6.92 Å². The third-order valence-corrected chi connectivity index (χ3v) is 3.95. The van der Waals surface area contributed by atoms with E-state index in [1.807, 2.05) is 56.3 Å². The summed E-state index contributed by atoms with van der Waals surface area (Å²) in [5, 5.41) is 6.67. The number of nitrogens with one attached hydrogen (secondary N) is 2. The highest BCUT2D eigenvalue weighted by molar-refractivity contribution is 5.65. The first-order valence-corrected chi connectivity index (χ1v) is 8.89. The van der Waals surface area contributed by atoms with Crippen LogP contribution in [0.2, 0.25) is 0 Å². The van der Waals surface area contributed by atoms with Gasteiger partial charge in [0.05, 0.1) is 12.3 Å². The van der Waals surface area contributed by atoms with E-state index in [1.165, 1.54) is 5.56 Å². The Labute approximate surface area is 154 Å². The topological polar surface area (TPSA) is 59.1 Å². The maximum absolute atomic E-state index is 5.66. The molecule has 0 unspecified atom stereocenters. The van der Waals surface area contributed by atoms with Crippen LogP contribution in [-0.2, 0) is 6.42 Å². The van der Waals surface area contributed by atoms with Crippen molar-refractivity contribution in [3.63, 3.8) is 0 Å². The standard InChI is InChI=1S/C21H24N4O/c1-4-16-10-6-7-11-17(16)23-20-14-15(3)22-21(25-20)24-18-12-8-9-13-19(18)26-5-2/h6-14H,4-5H2,1-3H3,(H2,22,23,24,25). The molecule has 0 amide bonds. The second-order valence-corrected chi connectivity index (χ2v) is 5.91. The Bertz CT molecular complexity index is 879. The van der Waals surface area contributed by atoms with Crippen molar-refractivity contribution in [1.29, 1.82) is 0 Å². The fourth-order valence-corrected chi connectivity index (χ4v) is 2.75. The van der Waals surface area contributed by atoms with Gasteiger partial charge in [-0.15, -0.1) is 0 Å². The van der Waals surface area contributed by atoms with Crippen molar-refractivity contribution in [2.75, 3.05) is 17.2 Å². The van der Waals surface area contributed by atoms with Crippen molar-refractivity contribution in [3.05, 3.63) is 65.9 Å². The van der Waals surface area contributed by atoms with Gasteiger partial charge >= 0.3 is 0 Å². The van der Waals surface area contributed by atoms with Gasteiger partial charge in [-0.25, -0.2) is 4.98 Å². The van der Waals surface area contributed by atoms with E-state index in [0.717, 1.165) is 35.1 Å². The highest BCUT2D eigenvalue weighted by atomic mass is 16.5. The van der Waals surface area contributed by atoms with Crippen molar-refractivity contribution < 1.29 is 4.74 Å². The number of hydrogen-bond acceptors (Lipinski definition) is 5. The lowest BCUT2D eigenvalue weighted by Gasteiger charge is -2.14. The number of nitrogens with zero attached hydrogens (tertiary/aromatic N) is 2. The van der Waals surface area contributed by atoms with Crippen LogP contribution in [0.25, 0.3) is 0 Å². The number of para-hydroxylation sites is 3. The van der Waals surface area contributed by atoms with Crippen molar-refractivity contribution in [1.82, 2.24) is 9.97 Å².